The minimum atomic E-state index is -0.246. The summed E-state index contributed by atoms with van der Waals surface area (Å²) < 4.78 is 14.9. The maximum atomic E-state index is 13.0. The molecule has 1 aromatic heterocycles. The van der Waals surface area contributed by atoms with E-state index in [0.29, 0.717) is 0 Å². The van der Waals surface area contributed by atoms with Gasteiger partial charge in [0.2, 0.25) is 0 Å². The Labute approximate surface area is 111 Å². The molecule has 1 heterocycles. The quantitative estimate of drug-likeness (QED) is 0.843. The first-order valence-corrected chi connectivity index (χ1v) is 6.76. The van der Waals surface area contributed by atoms with Gasteiger partial charge in [-0.3, -0.25) is 0 Å². The fraction of sp³-hybridized carbons (Fsp3) is 0.400. The van der Waals surface area contributed by atoms with Gasteiger partial charge >= 0.3 is 0 Å². The zero-order chi connectivity index (χ0) is 13.2. The van der Waals surface area contributed by atoms with E-state index in [-0.39, 0.29) is 12.4 Å². The Kier molecular flexibility index (Phi) is 3.34. The molecule has 3 rings (SSSR count). The van der Waals surface area contributed by atoms with Crippen LogP contribution in [-0.4, -0.2) is 14.9 Å². The van der Waals surface area contributed by atoms with Crippen molar-refractivity contribution in [3.05, 3.63) is 47.0 Å². The summed E-state index contributed by atoms with van der Waals surface area (Å²) in [5, 5.41) is 14.0. The molecule has 0 atom stereocenters. The van der Waals surface area contributed by atoms with Gasteiger partial charge in [-0.05, 0) is 55.5 Å². The highest BCUT2D eigenvalue weighted by atomic mass is 19.1. The first kappa shape index (κ1) is 12.4. The lowest BCUT2D eigenvalue weighted by Gasteiger charge is -2.07. The van der Waals surface area contributed by atoms with Crippen LogP contribution < -0.4 is 0 Å². The van der Waals surface area contributed by atoms with E-state index in [1.165, 1.54) is 29.8 Å². The number of halogens is 1. The molecule has 1 aromatic carbocycles. The molecular formula is C15H17FN2O. The van der Waals surface area contributed by atoms with Crippen molar-refractivity contribution in [2.45, 2.75) is 38.7 Å². The first-order chi connectivity index (χ1) is 9.29. The highest BCUT2D eigenvalue weighted by molar-refractivity contribution is 5.38. The molecule has 0 saturated carbocycles. The van der Waals surface area contributed by atoms with Crippen LogP contribution in [0.4, 0.5) is 4.39 Å². The van der Waals surface area contributed by atoms with E-state index in [1.54, 1.807) is 12.1 Å². The summed E-state index contributed by atoms with van der Waals surface area (Å²) in [6.45, 7) is -0.0312. The average Bonchev–Trinajstić information content (AvgIpc) is 2.61. The molecule has 0 amide bonds. The maximum absolute atomic E-state index is 13.0. The van der Waals surface area contributed by atoms with Gasteiger partial charge in [0.15, 0.2) is 0 Å². The van der Waals surface area contributed by atoms with Crippen LogP contribution in [0.15, 0.2) is 24.3 Å². The maximum Gasteiger partial charge on any atom is 0.123 e. The molecule has 2 aromatic rings. The number of fused-ring (bicyclic) bond motifs is 1. The third kappa shape index (κ3) is 2.28. The Morgan fingerprint density at radius 3 is 2.58 bits per heavy atom. The Balaban J connectivity index is 2.10. The van der Waals surface area contributed by atoms with Crippen molar-refractivity contribution in [2.24, 2.45) is 0 Å². The van der Waals surface area contributed by atoms with E-state index in [2.05, 4.69) is 5.10 Å². The number of benzene rings is 1. The molecule has 19 heavy (non-hydrogen) atoms. The smallest absolute Gasteiger partial charge is 0.123 e. The van der Waals surface area contributed by atoms with Crippen molar-refractivity contribution in [3.63, 3.8) is 0 Å². The molecule has 1 N–H and O–H groups in total. The van der Waals surface area contributed by atoms with Crippen LogP contribution in [0.25, 0.3) is 5.69 Å². The molecule has 0 saturated heterocycles. The van der Waals surface area contributed by atoms with Gasteiger partial charge in [0.25, 0.3) is 0 Å². The monoisotopic (exact) mass is 260 g/mol. The normalized spacial score (nSPS) is 15.1. The lowest BCUT2D eigenvalue weighted by Crippen LogP contribution is -2.03. The van der Waals surface area contributed by atoms with Crippen LogP contribution in [0.5, 0.6) is 0 Å². The van der Waals surface area contributed by atoms with Crippen molar-refractivity contribution in [1.82, 2.24) is 9.78 Å². The van der Waals surface area contributed by atoms with Crippen molar-refractivity contribution in [2.75, 3.05) is 0 Å². The minimum absolute atomic E-state index is 0.0312. The molecule has 0 bridgehead atoms. The van der Waals surface area contributed by atoms with Crippen LogP contribution in [0.1, 0.15) is 36.2 Å². The highest BCUT2D eigenvalue weighted by Crippen LogP contribution is 2.26. The van der Waals surface area contributed by atoms with Gasteiger partial charge in [-0.25, -0.2) is 9.07 Å². The number of hydrogen-bond donors (Lipinski definition) is 1. The first-order valence-electron chi connectivity index (χ1n) is 6.76. The molecule has 0 unspecified atom stereocenters. The second-order valence-corrected chi connectivity index (χ2v) is 4.98. The molecule has 0 fully saturated rings. The van der Waals surface area contributed by atoms with E-state index < -0.39 is 0 Å². The summed E-state index contributed by atoms with van der Waals surface area (Å²) in [4.78, 5) is 0. The molecule has 1 aliphatic carbocycles. The predicted octanol–water partition coefficient (Wildman–Crippen LogP) is 2.77. The largest absolute Gasteiger partial charge is 0.390 e. The van der Waals surface area contributed by atoms with E-state index in [1.807, 2.05) is 4.68 Å². The Hall–Kier alpha value is -1.68. The van der Waals surface area contributed by atoms with E-state index in [0.717, 1.165) is 37.1 Å². The number of aliphatic hydroxyl groups is 1. The fourth-order valence-electron chi connectivity index (χ4n) is 2.78. The number of aliphatic hydroxyl groups excluding tert-OH is 1. The van der Waals surface area contributed by atoms with Crippen molar-refractivity contribution >= 4 is 0 Å². The molecule has 1 aliphatic rings. The standard InChI is InChI=1S/C15H17FN2O/c16-11-6-8-12(9-7-11)18-15-5-3-1-2-4-13(15)14(10-19)17-18/h6-9,19H,1-5,10H2. The summed E-state index contributed by atoms with van der Waals surface area (Å²) in [6, 6.07) is 6.35. The summed E-state index contributed by atoms with van der Waals surface area (Å²) in [5.74, 6) is -0.246. The second kappa shape index (κ2) is 5.13. The van der Waals surface area contributed by atoms with Gasteiger partial charge in [0, 0.05) is 5.69 Å². The summed E-state index contributed by atoms with van der Waals surface area (Å²) in [7, 11) is 0. The van der Waals surface area contributed by atoms with Crippen molar-refractivity contribution < 1.29 is 9.50 Å². The number of aromatic nitrogens is 2. The molecule has 0 aliphatic heterocycles. The zero-order valence-corrected chi connectivity index (χ0v) is 10.8. The highest BCUT2D eigenvalue weighted by Gasteiger charge is 2.19. The zero-order valence-electron chi connectivity index (χ0n) is 10.8. The Morgan fingerprint density at radius 2 is 1.84 bits per heavy atom. The summed E-state index contributed by atoms with van der Waals surface area (Å²) >= 11 is 0. The minimum Gasteiger partial charge on any atom is -0.390 e. The Bertz CT molecular complexity index is 575. The van der Waals surface area contributed by atoms with Crippen LogP contribution in [0, 0.1) is 5.82 Å². The van der Waals surface area contributed by atoms with E-state index in [9.17, 15) is 9.50 Å². The topological polar surface area (TPSA) is 38.1 Å². The summed E-state index contributed by atoms with van der Waals surface area (Å²) in [6.07, 6.45) is 5.45. The number of rotatable bonds is 2. The molecular weight excluding hydrogens is 243 g/mol. The van der Waals surface area contributed by atoms with Crippen molar-refractivity contribution in [1.29, 1.82) is 0 Å². The van der Waals surface area contributed by atoms with Crippen LogP contribution in [0.3, 0.4) is 0 Å². The number of hydrogen-bond acceptors (Lipinski definition) is 2. The van der Waals surface area contributed by atoms with E-state index >= 15 is 0 Å². The van der Waals surface area contributed by atoms with Gasteiger partial charge < -0.3 is 5.11 Å². The van der Waals surface area contributed by atoms with Gasteiger partial charge in [-0.2, -0.15) is 5.10 Å². The predicted molar refractivity (Wildman–Crippen MR) is 70.7 cm³/mol. The average molecular weight is 260 g/mol. The molecule has 4 heteroatoms. The van der Waals surface area contributed by atoms with Gasteiger partial charge in [0.05, 0.1) is 18.0 Å². The second-order valence-electron chi connectivity index (χ2n) is 4.98. The van der Waals surface area contributed by atoms with Crippen LogP contribution >= 0.6 is 0 Å². The molecule has 0 spiro atoms. The van der Waals surface area contributed by atoms with Crippen molar-refractivity contribution in [3.8, 4) is 5.69 Å². The van der Waals surface area contributed by atoms with Crippen LogP contribution in [0.2, 0.25) is 0 Å². The number of nitrogens with zero attached hydrogens (tertiary/aromatic N) is 2. The van der Waals surface area contributed by atoms with Gasteiger partial charge in [0.1, 0.15) is 5.82 Å². The Morgan fingerprint density at radius 1 is 1.11 bits per heavy atom. The lowest BCUT2D eigenvalue weighted by atomic mass is 10.1. The molecule has 3 nitrogen and oxygen atoms in total. The fourth-order valence-corrected chi connectivity index (χ4v) is 2.78. The SMILES string of the molecule is OCc1nn(-c2ccc(F)cc2)c2c1CCCCC2. The summed E-state index contributed by atoms with van der Waals surface area (Å²) in [5.41, 5.74) is 3.98. The lowest BCUT2D eigenvalue weighted by molar-refractivity contribution is 0.275. The molecule has 0 radical (unpaired) electrons. The van der Waals surface area contributed by atoms with Gasteiger partial charge in [-0.1, -0.05) is 6.42 Å². The van der Waals surface area contributed by atoms with Gasteiger partial charge in [-0.15, -0.1) is 0 Å². The van der Waals surface area contributed by atoms with E-state index in [4.69, 9.17) is 0 Å². The third-order valence-corrected chi connectivity index (χ3v) is 3.73. The molecule has 100 valence electrons. The van der Waals surface area contributed by atoms with Crippen LogP contribution in [-0.2, 0) is 19.4 Å². The third-order valence-electron chi connectivity index (χ3n) is 3.73.